The second-order valence-corrected chi connectivity index (χ2v) is 4.59. The van der Waals surface area contributed by atoms with Crippen LogP contribution in [-0.4, -0.2) is 9.97 Å². The predicted molar refractivity (Wildman–Crippen MR) is 72.8 cm³/mol. The first-order chi connectivity index (χ1) is 10.4. The largest absolute Gasteiger partial charge is 0.417 e. The van der Waals surface area contributed by atoms with Gasteiger partial charge in [0, 0.05) is 0 Å². The summed E-state index contributed by atoms with van der Waals surface area (Å²) < 4.78 is 53.1. The SMILES string of the molecule is O=c1[nH]c(-c2c(F)cccc2C(F)(F)F)nc2ccccc12. The molecule has 0 fully saturated rings. The number of para-hydroxylation sites is 1. The fourth-order valence-corrected chi connectivity index (χ4v) is 2.21. The first kappa shape index (κ1) is 14.2. The molecule has 112 valence electrons. The number of nitrogens with zero attached hydrogens (tertiary/aromatic N) is 1. The minimum Gasteiger partial charge on any atom is -0.306 e. The molecule has 0 saturated heterocycles. The van der Waals surface area contributed by atoms with E-state index < -0.39 is 34.5 Å². The Bertz CT molecular complexity index is 915. The Labute approximate surface area is 121 Å². The topological polar surface area (TPSA) is 45.8 Å². The zero-order chi connectivity index (χ0) is 15.9. The van der Waals surface area contributed by atoms with Crippen molar-refractivity contribution in [1.29, 1.82) is 0 Å². The molecule has 1 N–H and O–H groups in total. The first-order valence-corrected chi connectivity index (χ1v) is 6.23. The number of fused-ring (bicyclic) bond motifs is 1. The molecule has 0 spiro atoms. The predicted octanol–water partition coefficient (Wildman–Crippen LogP) is 3.75. The van der Waals surface area contributed by atoms with Crippen LogP contribution < -0.4 is 5.56 Å². The van der Waals surface area contributed by atoms with Gasteiger partial charge in [-0.05, 0) is 24.3 Å². The number of aromatic amines is 1. The molecule has 3 aromatic rings. The molecule has 0 aliphatic carbocycles. The zero-order valence-electron chi connectivity index (χ0n) is 10.9. The third kappa shape index (κ3) is 2.34. The summed E-state index contributed by atoms with van der Waals surface area (Å²) in [5.74, 6) is -1.55. The maximum Gasteiger partial charge on any atom is 0.417 e. The highest BCUT2D eigenvalue weighted by molar-refractivity contribution is 5.79. The number of hydrogen-bond donors (Lipinski definition) is 1. The molecule has 2 aromatic carbocycles. The molecule has 0 amide bonds. The van der Waals surface area contributed by atoms with E-state index in [9.17, 15) is 22.4 Å². The number of benzene rings is 2. The minimum atomic E-state index is -4.76. The highest BCUT2D eigenvalue weighted by Gasteiger charge is 2.35. The van der Waals surface area contributed by atoms with Gasteiger partial charge >= 0.3 is 6.18 Å². The van der Waals surface area contributed by atoms with Crippen LogP contribution >= 0.6 is 0 Å². The highest BCUT2D eigenvalue weighted by atomic mass is 19.4. The average molecular weight is 308 g/mol. The van der Waals surface area contributed by atoms with E-state index in [1.807, 2.05) is 0 Å². The maximum absolute atomic E-state index is 13.9. The van der Waals surface area contributed by atoms with Crippen LogP contribution in [-0.2, 0) is 6.18 Å². The molecule has 0 saturated carbocycles. The van der Waals surface area contributed by atoms with Gasteiger partial charge in [-0.3, -0.25) is 4.79 Å². The number of H-pyrrole nitrogens is 1. The summed E-state index contributed by atoms with van der Waals surface area (Å²) >= 11 is 0. The average Bonchev–Trinajstić information content (AvgIpc) is 2.46. The lowest BCUT2D eigenvalue weighted by atomic mass is 10.1. The van der Waals surface area contributed by atoms with Gasteiger partial charge in [0.1, 0.15) is 11.6 Å². The zero-order valence-corrected chi connectivity index (χ0v) is 10.9. The van der Waals surface area contributed by atoms with Crippen molar-refractivity contribution in [3.8, 4) is 11.4 Å². The van der Waals surface area contributed by atoms with Gasteiger partial charge in [0.25, 0.3) is 5.56 Å². The van der Waals surface area contributed by atoms with Crippen molar-refractivity contribution in [3.63, 3.8) is 0 Å². The second-order valence-electron chi connectivity index (χ2n) is 4.59. The number of aromatic nitrogens is 2. The molecule has 22 heavy (non-hydrogen) atoms. The van der Waals surface area contributed by atoms with Crippen molar-refractivity contribution in [2.24, 2.45) is 0 Å². The normalized spacial score (nSPS) is 11.8. The molecule has 3 rings (SSSR count). The van der Waals surface area contributed by atoms with Gasteiger partial charge in [0.05, 0.1) is 22.0 Å². The molecular formula is C15H8F4N2O. The molecule has 0 aliphatic heterocycles. The van der Waals surface area contributed by atoms with Gasteiger partial charge < -0.3 is 4.98 Å². The smallest absolute Gasteiger partial charge is 0.306 e. The van der Waals surface area contributed by atoms with Crippen molar-refractivity contribution in [1.82, 2.24) is 9.97 Å². The summed E-state index contributed by atoms with van der Waals surface area (Å²) in [5, 5.41) is 0.219. The lowest BCUT2D eigenvalue weighted by Gasteiger charge is -2.13. The summed E-state index contributed by atoms with van der Waals surface area (Å²) in [6, 6.07) is 8.74. The van der Waals surface area contributed by atoms with Crippen LogP contribution in [0.15, 0.2) is 47.3 Å². The van der Waals surface area contributed by atoms with E-state index in [1.54, 1.807) is 12.1 Å². The molecule has 7 heteroatoms. The van der Waals surface area contributed by atoms with E-state index >= 15 is 0 Å². The Hall–Kier alpha value is -2.70. The summed E-state index contributed by atoms with van der Waals surface area (Å²) in [7, 11) is 0. The van der Waals surface area contributed by atoms with Gasteiger partial charge in [-0.2, -0.15) is 13.2 Å². The van der Waals surface area contributed by atoms with Crippen LogP contribution in [0.3, 0.4) is 0 Å². The number of rotatable bonds is 1. The highest BCUT2D eigenvalue weighted by Crippen LogP contribution is 2.37. The van der Waals surface area contributed by atoms with Crippen molar-refractivity contribution >= 4 is 10.9 Å². The van der Waals surface area contributed by atoms with Crippen molar-refractivity contribution in [3.05, 3.63) is 64.2 Å². The minimum absolute atomic E-state index is 0.192. The molecule has 1 heterocycles. The molecule has 1 aromatic heterocycles. The Morgan fingerprint density at radius 1 is 1.00 bits per heavy atom. The van der Waals surface area contributed by atoms with E-state index in [4.69, 9.17) is 0 Å². The summed E-state index contributed by atoms with van der Waals surface area (Å²) in [6.45, 7) is 0. The summed E-state index contributed by atoms with van der Waals surface area (Å²) in [5.41, 5.74) is -2.39. The molecule has 0 bridgehead atoms. The molecule has 0 atom stereocenters. The van der Waals surface area contributed by atoms with Crippen LogP contribution in [0.5, 0.6) is 0 Å². The lowest BCUT2D eigenvalue weighted by Crippen LogP contribution is -2.14. The Morgan fingerprint density at radius 2 is 1.73 bits per heavy atom. The Morgan fingerprint density at radius 3 is 2.45 bits per heavy atom. The number of halogens is 4. The van der Waals surface area contributed by atoms with Gasteiger partial charge in [-0.15, -0.1) is 0 Å². The third-order valence-corrected chi connectivity index (χ3v) is 3.17. The van der Waals surface area contributed by atoms with E-state index in [2.05, 4.69) is 9.97 Å². The van der Waals surface area contributed by atoms with Gasteiger partial charge in [-0.25, -0.2) is 9.37 Å². The quantitative estimate of drug-likeness (QED) is 0.696. The van der Waals surface area contributed by atoms with Gasteiger partial charge in [0.2, 0.25) is 0 Å². The van der Waals surface area contributed by atoms with Crippen molar-refractivity contribution in [2.45, 2.75) is 6.18 Å². The second kappa shape index (κ2) is 4.94. The third-order valence-electron chi connectivity index (χ3n) is 3.17. The van der Waals surface area contributed by atoms with E-state index in [0.29, 0.717) is 0 Å². The Balaban J connectivity index is 2.35. The molecule has 0 aliphatic rings. The van der Waals surface area contributed by atoms with E-state index in [1.165, 1.54) is 12.1 Å². The van der Waals surface area contributed by atoms with Gasteiger partial charge in [0.15, 0.2) is 0 Å². The summed E-state index contributed by atoms with van der Waals surface area (Å²) in [6.07, 6.45) is -4.76. The molecule has 0 unspecified atom stereocenters. The Kier molecular flexibility index (Phi) is 3.20. The number of hydrogen-bond acceptors (Lipinski definition) is 2. The van der Waals surface area contributed by atoms with Crippen LogP contribution in [0.4, 0.5) is 17.6 Å². The first-order valence-electron chi connectivity index (χ1n) is 6.23. The molecule has 0 radical (unpaired) electrons. The van der Waals surface area contributed by atoms with Crippen LogP contribution in [0, 0.1) is 5.82 Å². The maximum atomic E-state index is 13.9. The van der Waals surface area contributed by atoms with Crippen LogP contribution in [0.1, 0.15) is 5.56 Å². The number of alkyl halides is 3. The van der Waals surface area contributed by atoms with Gasteiger partial charge in [-0.1, -0.05) is 18.2 Å². The van der Waals surface area contributed by atoms with Crippen LogP contribution in [0.25, 0.3) is 22.3 Å². The molecular weight excluding hydrogens is 300 g/mol. The number of nitrogens with one attached hydrogen (secondary N) is 1. The molecule has 3 nitrogen and oxygen atoms in total. The fourth-order valence-electron chi connectivity index (χ4n) is 2.21. The standard InChI is InChI=1S/C15H8F4N2O/c16-10-6-3-5-9(15(17,18)19)12(10)13-20-11-7-2-1-4-8(11)14(22)21-13/h1-7H,(H,20,21,22). The summed E-state index contributed by atoms with van der Waals surface area (Å²) in [4.78, 5) is 18.1. The van der Waals surface area contributed by atoms with Crippen molar-refractivity contribution in [2.75, 3.05) is 0 Å². The monoisotopic (exact) mass is 308 g/mol. The van der Waals surface area contributed by atoms with E-state index in [0.717, 1.165) is 18.2 Å². The van der Waals surface area contributed by atoms with Crippen LogP contribution in [0.2, 0.25) is 0 Å². The lowest BCUT2D eigenvalue weighted by molar-refractivity contribution is -0.137. The fraction of sp³-hybridized carbons (Fsp3) is 0.0667. The van der Waals surface area contributed by atoms with Crippen molar-refractivity contribution < 1.29 is 17.6 Å². The van der Waals surface area contributed by atoms with E-state index in [-0.39, 0.29) is 10.9 Å².